The first-order chi connectivity index (χ1) is 13.7. The molecule has 2 aromatic rings. The molecule has 146 valence electrons. The zero-order valence-electron chi connectivity index (χ0n) is 16.4. The number of nitrogens with one attached hydrogen (secondary N) is 1. The second kappa shape index (κ2) is 8.15. The largest absolute Gasteiger partial charge is 0.367 e. The monoisotopic (exact) mass is 377 g/mol. The number of hydrogen-bond acceptors (Lipinski definition) is 5. The number of piperazine rings is 1. The van der Waals surface area contributed by atoms with Crippen molar-refractivity contribution in [3.63, 3.8) is 0 Å². The maximum atomic E-state index is 12.1. The summed E-state index contributed by atoms with van der Waals surface area (Å²) in [6.07, 6.45) is 5.87. The molecule has 28 heavy (non-hydrogen) atoms. The molecule has 3 heterocycles. The summed E-state index contributed by atoms with van der Waals surface area (Å²) in [4.78, 5) is 24.3. The minimum atomic E-state index is 0.0711. The number of H-pyrrole nitrogens is 1. The van der Waals surface area contributed by atoms with Gasteiger partial charge in [-0.15, -0.1) is 0 Å². The van der Waals surface area contributed by atoms with E-state index in [0.29, 0.717) is 17.7 Å². The Kier molecular flexibility index (Phi) is 5.45. The fourth-order valence-electron chi connectivity index (χ4n) is 4.67. The lowest BCUT2D eigenvalue weighted by Gasteiger charge is -2.39. The van der Waals surface area contributed by atoms with Crippen molar-refractivity contribution in [2.24, 2.45) is 0 Å². The van der Waals surface area contributed by atoms with E-state index in [4.69, 9.17) is 0 Å². The van der Waals surface area contributed by atoms with Crippen molar-refractivity contribution >= 4 is 5.69 Å². The van der Waals surface area contributed by atoms with Crippen LogP contribution in [0.3, 0.4) is 0 Å². The van der Waals surface area contributed by atoms with Gasteiger partial charge in [-0.1, -0.05) is 13.0 Å². The molecule has 0 amide bonds. The van der Waals surface area contributed by atoms with Crippen molar-refractivity contribution in [1.82, 2.24) is 14.9 Å². The van der Waals surface area contributed by atoms with Gasteiger partial charge in [0.1, 0.15) is 6.07 Å². The van der Waals surface area contributed by atoms with Gasteiger partial charge in [0.25, 0.3) is 5.56 Å². The highest BCUT2D eigenvalue weighted by molar-refractivity contribution is 5.55. The Bertz CT molecular complexity index is 923. The summed E-state index contributed by atoms with van der Waals surface area (Å²) in [5.74, 6) is 0.449. The van der Waals surface area contributed by atoms with Crippen LogP contribution in [-0.4, -0.2) is 47.1 Å². The van der Waals surface area contributed by atoms with E-state index in [-0.39, 0.29) is 5.56 Å². The number of aromatic amines is 1. The standard InChI is InChI=1S/C22H27N5O/c1-2-16-6-8-19(25-22(16)28)17-5-7-18(14-17)26-10-12-27(13-11-26)21-4-3-9-24-20(21)15-23/h3-4,6,8-9,17-18H,2,5,7,10-14H2,1H3,(H,25,28)/t17-,18+/m1/s1. The van der Waals surface area contributed by atoms with Gasteiger partial charge in [-0.25, -0.2) is 4.98 Å². The lowest BCUT2D eigenvalue weighted by molar-refractivity contribution is 0.186. The molecule has 4 rings (SSSR count). The van der Waals surface area contributed by atoms with Gasteiger partial charge in [-0.05, 0) is 43.9 Å². The molecule has 1 saturated carbocycles. The zero-order chi connectivity index (χ0) is 19.5. The van der Waals surface area contributed by atoms with Crippen LogP contribution >= 0.6 is 0 Å². The van der Waals surface area contributed by atoms with Crippen LogP contribution in [0.25, 0.3) is 0 Å². The third kappa shape index (κ3) is 3.67. The first-order valence-corrected chi connectivity index (χ1v) is 10.3. The first-order valence-electron chi connectivity index (χ1n) is 10.3. The Balaban J connectivity index is 1.37. The number of anilines is 1. The molecule has 1 saturated heterocycles. The molecule has 2 aromatic heterocycles. The van der Waals surface area contributed by atoms with Crippen LogP contribution in [0.15, 0.2) is 35.3 Å². The summed E-state index contributed by atoms with van der Waals surface area (Å²) in [6, 6.07) is 10.8. The molecule has 0 unspecified atom stereocenters. The molecular weight excluding hydrogens is 350 g/mol. The van der Waals surface area contributed by atoms with E-state index in [0.717, 1.165) is 62.4 Å². The second-order valence-electron chi connectivity index (χ2n) is 7.79. The minimum absolute atomic E-state index is 0.0711. The van der Waals surface area contributed by atoms with E-state index in [1.807, 2.05) is 25.1 Å². The zero-order valence-corrected chi connectivity index (χ0v) is 16.4. The van der Waals surface area contributed by atoms with Gasteiger partial charge in [0.2, 0.25) is 0 Å². The SMILES string of the molecule is CCc1ccc([C@@H]2CC[C@H](N3CCN(c4cccnc4C#N)CC3)C2)[nH]c1=O. The second-order valence-corrected chi connectivity index (χ2v) is 7.79. The molecule has 2 fully saturated rings. The fourth-order valence-corrected chi connectivity index (χ4v) is 4.67. The van der Waals surface area contributed by atoms with E-state index in [1.54, 1.807) is 6.20 Å². The van der Waals surface area contributed by atoms with Crippen LogP contribution in [0.2, 0.25) is 0 Å². The molecule has 6 heteroatoms. The molecule has 1 aliphatic carbocycles. The molecule has 0 spiro atoms. The van der Waals surface area contributed by atoms with E-state index in [1.165, 1.54) is 6.42 Å². The Morgan fingerprint density at radius 1 is 1.21 bits per heavy atom. The van der Waals surface area contributed by atoms with Crippen molar-refractivity contribution in [3.8, 4) is 6.07 Å². The summed E-state index contributed by atoms with van der Waals surface area (Å²) >= 11 is 0. The number of aromatic nitrogens is 2. The summed E-state index contributed by atoms with van der Waals surface area (Å²) < 4.78 is 0. The Hall–Kier alpha value is -2.65. The Morgan fingerprint density at radius 3 is 2.75 bits per heavy atom. The van der Waals surface area contributed by atoms with Gasteiger partial charge in [0.05, 0.1) is 5.69 Å². The number of nitriles is 1. The van der Waals surface area contributed by atoms with Gasteiger partial charge in [-0.3, -0.25) is 9.69 Å². The van der Waals surface area contributed by atoms with Crippen LogP contribution in [0.5, 0.6) is 0 Å². The van der Waals surface area contributed by atoms with E-state index in [9.17, 15) is 10.1 Å². The number of pyridine rings is 2. The first kappa shape index (κ1) is 18.7. The van der Waals surface area contributed by atoms with Gasteiger partial charge in [-0.2, -0.15) is 5.26 Å². The van der Waals surface area contributed by atoms with Crippen LogP contribution in [0.1, 0.15) is 49.1 Å². The predicted octanol–water partition coefficient (Wildman–Crippen LogP) is 2.66. The molecule has 0 aromatic carbocycles. The topological polar surface area (TPSA) is 76.0 Å². The van der Waals surface area contributed by atoms with Crippen molar-refractivity contribution in [1.29, 1.82) is 5.26 Å². The summed E-state index contributed by atoms with van der Waals surface area (Å²) in [5, 5.41) is 9.29. The average molecular weight is 377 g/mol. The predicted molar refractivity (Wildman–Crippen MR) is 110 cm³/mol. The summed E-state index contributed by atoms with van der Waals surface area (Å²) in [5.41, 5.74) is 3.49. The molecule has 2 atom stereocenters. The van der Waals surface area contributed by atoms with Crippen LogP contribution in [-0.2, 0) is 6.42 Å². The highest BCUT2D eigenvalue weighted by Crippen LogP contribution is 2.36. The number of hydrogen-bond donors (Lipinski definition) is 1. The minimum Gasteiger partial charge on any atom is -0.367 e. The maximum Gasteiger partial charge on any atom is 0.251 e. The average Bonchev–Trinajstić information content (AvgIpc) is 3.24. The molecule has 1 aliphatic heterocycles. The van der Waals surface area contributed by atoms with Crippen LogP contribution < -0.4 is 10.5 Å². The molecular formula is C22H27N5O. The third-order valence-corrected chi connectivity index (χ3v) is 6.30. The Morgan fingerprint density at radius 2 is 2.04 bits per heavy atom. The summed E-state index contributed by atoms with van der Waals surface area (Å²) in [7, 11) is 0. The van der Waals surface area contributed by atoms with Crippen molar-refractivity contribution < 1.29 is 0 Å². The lowest BCUT2D eigenvalue weighted by atomic mass is 10.0. The van der Waals surface area contributed by atoms with Crippen molar-refractivity contribution in [2.75, 3.05) is 31.1 Å². The smallest absolute Gasteiger partial charge is 0.251 e. The number of rotatable bonds is 4. The van der Waals surface area contributed by atoms with Crippen LogP contribution in [0, 0.1) is 11.3 Å². The molecule has 2 aliphatic rings. The maximum absolute atomic E-state index is 12.1. The lowest BCUT2D eigenvalue weighted by Crippen LogP contribution is -2.50. The van der Waals surface area contributed by atoms with Gasteiger partial charge in [0, 0.05) is 55.6 Å². The molecule has 0 bridgehead atoms. The highest BCUT2D eigenvalue weighted by Gasteiger charge is 2.32. The highest BCUT2D eigenvalue weighted by atomic mass is 16.1. The van der Waals surface area contributed by atoms with Gasteiger partial charge >= 0.3 is 0 Å². The quantitative estimate of drug-likeness (QED) is 0.886. The fraction of sp³-hybridized carbons (Fsp3) is 0.500. The van der Waals surface area contributed by atoms with E-state index in [2.05, 4.69) is 31.9 Å². The third-order valence-electron chi connectivity index (χ3n) is 6.30. The normalized spacial score (nSPS) is 22.9. The number of nitrogens with zero attached hydrogens (tertiary/aromatic N) is 4. The van der Waals surface area contributed by atoms with E-state index < -0.39 is 0 Å². The van der Waals surface area contributed by atoms with Crippen molar-refractivity contribution in [3.05, 3.63) is 57.8 Å². The van der Waals surface area contributed by atoms with Gasteiger partial charge < -0.3 is 9.88 Å². The van der Waals surface area contributed by atoms with Gasteiger partial charge in [0.15, 0.2) is 5.69 Å². The molecule has 1 N–H and O–H groups in total. The molecule has 6 nitrogen and oxygen atoms in total. The van der Waals surface area contributed by atoms with Crippen molar-refractivity contribution in [2.45, 2.75) is 44.6 Å². The van der Waals surface area contributed by atoms with E-state index >= 15 is 0 Å². The Labute approximate surface area is 165 Å². The number of aryl methyl sites for hydroxylation is 1. The van der Waals surface area contributed by atoms with Crippen LogP contribution in [0.4, 0.5) is 5.69 Å². The summed E-state index contributed by atoms with van der Waals surface area (Å²) in [6.45, 7) is 5.86. The molecule has 0 radical (unpaired) electrons.